The number of benzene rings is 1. The van der Waals surface area contributed by atoms with Crippen LogP contribution in [-0.2, 0) is 0 Å². The molecule has 72 valence electrons. The Kier molecular flexibility index (Phi) is 4.77. The zero-order chi connectivity index (χ0) is 9.68. The summed E-state index contributed by atoms with van der Waals surface area (Å²) in [7, 11) is 0. The Labute approximate surface area is 94.2 Å². The van der Waals surface area contributed by atoms with Crippen LogP contribution < -0.4 is 4.74 Å². The number of hydrogen-bond donors (Lipinski definition) is 1. The molecule has 0 heterocycles. The Morgan fingerprint density at radius 3 is 2.38 bits per heavy atom. The summed E-state index contributed by atoms with van der Waals surface area (Å²) in [5.41, 5.74) is 0. The third kappa shape index (κ3) is 3.29. The van der Waals surface area contributed by atoms with Crippen LogP contribution in [0.3, 0.4) is 0 Å². The third-order valence-electron chi connectivity index (χ3n) is 1.47. The first-order valence-corrected chi connectivity index (χ1v) is 5.52. The second-order valence-corrected chi connectivity index (χ2v) is 4.19. The lowest BCUT2D eigenvalue weighted by atomic mass is 10.3. The molecule has 1 aromatic rings. The van der Waals surface area contributed by atoms with Gasteiger partial charge in [-0.05, 0) is 44.0 Å². The van der Waals surface area contributed by atoms with Gasteiger partial charge in [0.15, 0.2) is 0 Å². The van der Waals surface area contributed by atoms with E-state index in [1.807, 2.05) is 18.2 Å². The highest BCUT2D eigenvalue weighted by Crippen LogP contribution is 2.32. The molecule has 1 N–H and O–H groups in total. The molecule has 0 aliphatic rings. The van der Waals surface area contributed by atoms with E-state index in [-0.39, 0.29) is 6.61 Å². The number of ether oxygens (including phenoxy) is 1. The average Bonchev–Trinajstić information content (AvgIpc) is 2.10. The van der Waals surface area contributed by atoms with Gasteiger partial charge < -0.3 is 9.84 Å². The van der Waals surface area contributed by atoms with E-state index in [4.69, 9.17) is 9.84 Å². The van der Waals surface area contributed by atoms with Crippen LogP contribution in [-0.4, -0.2) is 18.3 Å². The minimum absolute atomic E-state index is 0.155. The molecular formula is C9H10Br2O2. The number of para-hydroxylation sites is 1. The highest BCUT2D eigenvalue weighted by molar-refractivity contribution is 9.11. The van der Waals surface area contributed by atoms with Crippen molar-refractivity contribution in [2.45, 2.75) is 6.42 Å². The smallest absolute Gasteiger partial charge is 0.147 e. The molecular weight excluding hydrogens is 300 g/mol. The molecule has 0 aliphatic heterocycles. The van der Waals surface area contributed by atoms with E-state index in [9.17, 15) is 0 Å². The van der Waals surface area contributed by atoms with E-state index in [1.165, 1.54) is 0 Å². The van der Waals surface area contributed by atoms with Gasteiger partial charge in [0.05, 0.1) is 15.6 Å². The fraction of sp³-hybridized carbons (Fsp3) is 0.333. The second-order valence-electron chi connectivity index (χ2n) is 2.48. The molecule has 1 rings (SSSR count). The summed E-state index contributed by atoms with van der Waals surface area (Å²) in [5, 5.41) is 8.58. The molecule has 4 heteroatoms. The zero-order valence-electron chi connectivity index (χ0n) is 6.96. The quantitative estimate of drug-likeness (QED) is 0.867. The molecule has 0 spiro atoms. The van der Waals surface area contributed by atoms with Crippen molar-refractivity contribution in [3.8, 4) is 5.75 Å². The van der Waals surface area contributed by atoms with Gasteiger partial charge in [-0.3, -0.25) is 0 Å². The molecule has 0 radical (unpaired) electrons. The number of hydrogen-bond acceptors (Lipinski definition) is 2. The molecule has 2 nitrogen and oxygen atoms in total. The molecule has 0 saturated carbocycles. The van der Waals surface area contributed by atoms with E-state index < -0.39 is 0 Å². The van der Waals surface area contributed by atoms with Crippen LogP contribution in [0.2, 0.25) is 0 Å². The van der Waals surface area contributed by atoms with Crippen molar-refractivity contribution in [1.29, 1.82) is 0 Å². The predicted molar refractivity (Wildman–Crippen MR) is 59.0 cm³/mol. The molecule has 1 aromatic carbocycles. The summed E-state index contributed by atoms with van der Waals surface area (Å²) in [5.74, 6) is 0.788. The Morgan fingerprint density at radius 1 is 1.23 bits per heavy atom. The summed E-state index contributed by atoms with van der Waals surface area (Å²) in [6, 6.07) is 5.76. The van der Waals surface area contributed by atoms with Gasteiger partial charge >= 0.3 is 0 Å². The van der Waals surface area contributed by atoms with Crippen molar-refractivity contribution in [2.75, 3.05) is 13.2 Å². The maximum atomic E-state index is 8.58. The molecule has 0 aliphatic carbocycles. The van der Waals surface area contributed by atoms with E-state index in [0.717, 1.165) is 14.7 Å². The number of aliphatic hydroxyl groups excluding tert-OH is 1. The van der Waals surface area contributed by atoms with Crippen molar-refractivity contribution >= 4 is 31.9 Å². The van der Waals surface area contributed by atoms with Gasteiger partial charge in [0.2, 0.25) is 0 Å². The fourth-order valence-corrected chi connectivity index (χ4v) is 2.09. The van der Waals surface area contributed by atoms with Gasteiger partial charge in [0, 0.05) is 13.0 Å². The largest absolute Gasteiger partial charge is 0.491 e. The van der Waals surface area contributed by atoms with Crippen molar-refractivity contribution in [1.82, 2.24) is 0 Å². The molecule has 0 fully saturated rings. The van der Waals surface area contributed by atoms with Crippen LogP contribution in [0.5, 0.6) is 5.75 Å². The highest BCUT2D eigenvalue weighted by Gasteiger charge is 2.04. The number of rotatable bonds is 4. The predicted octanol–water partition coefficient (Wildman–Crippen LogP) is 2.97. The highest BCUT2D eigenvalue weighted by atomic mass is 79.9. The molecule has 13 heavy (non-hydrogen) atoms. The number of halogens is 2. The topological polar surface area (TPSA) is 29.5 Å². The molecule has 0 aromatic heterocycles. The van der Waals surface area contributed by atoms with Crippen LogP contribution in [0.4, 0.5) is 0 Å². The lowest BCUT2D eigenvalue weighted by molar-refractivity contribution is 0.232. The first-order valence-electron chi connectivity index (χ1n) is 3.93. The Balaban J connectivity index is 2.64. The van der Waals surface area contributed by atoms with E-state index in [2.05, 4.69) is 31.9 Å². The van der Waals surface area contributed by atoms with E-state index in [1.54, 1.807) is 0 Å². The normalized spacial score (nSPS) is 10.1. The van der Waals surface area contributed by atoms with Crippen molar-refractivity contribution in [2.24, 2.45) is 0 Å². The summed E-state index contributed by atoms with van der Waals surface area (Å²) < 4.78 is 7.29. The number of aliphatic hydroxyl groups is 1. The molecule has 0 atom stereocenters. The molecule has 0 unspecified atom stereocenters. The molecule has 0 amide bonds. The zero-order valence-corrected chi connectivity index (χ0v) is 10.1. The van der Waals surface area contributed by atoms with Crippen LogP contribution in [0, 0.1) is 0 Å². The van der Waals surface area contributed by atoms with Gasteiger partial charge in [-0.15, -0.1) is 0 Å². The summed E-state index contributed by atoms with van der Waals surface area (Å²) >= 11 is 6.76. The monoisotopic (exact) mass is 308 g/mol. The SMILES string of the molecule is OCCCOc1c(Br)cccc1Br. The lowest BCUT2D eigenvalue weighted by Crippen LogP contribution is -2.00. The maximum Gasteiger partial charge on any atom is 0.147 e. The minimum atomic E-state index is 0.155. The summed E-state index contributed by atoms with van der Waals surface area (Å²) in [4.78, 5) is 0. The second kappa shape index (κ2) is 5.62. The van der Waals surface area contributed by atoms with Gasteiger partial charge in [0.1, 0.15) is 5.75 Å². The average molecular weight is 310 g/mol. The fourth-order valence-electron chi connectivity index (χ4n) is 0.859. The van der Waals surface area contributed by atoms with Crippen LogP contribution in [0.25, 0.3) is 0 Å². The standard InChI is InChI=1S/C9H10Br2O2/c10-7-3-1-4-8(11)9(7)13-6-2-5-12/h1,3-4,12H,2,5-6H2. The lowest BCUT2D eigenvalue weighted by Gasteiger charge is -2.08. The molecule has 0 bridgehead atoms. The Morgan fingerprint density at radius 2 is 1.85 bits per heavy atom. The van der Waals surface area contributed by atoms with Gasteiger partial charge in [-0.2, -0.15) is 0 Å². The van der Waals surface area contributed by atoms with Crippen LogP contribution in [0.1, 0.15) is 6.42 Å². The summed E-state index contributed by atoms with van der Waals surface area (Å²) in [6.07, 6.45) is 0.647. The first-order chi connectivity index (χ1) is 6.25. The molecule has 0 saturated heterocycles. The Hall–Kier alpha value is -0.0600. The van der Waals surface area contributed by atoms with Gasteiger partial charge in [-0.25, -0.2) is 0 Å². The van der Waals surface area contributed by atoms with E-state index in [0.29, 0.717) is 13.0 Å². The summed E-state index contributed by atoms with van der Waals surface area (Å²) in [6.45, 7) is 0.680. The van der Waals surface area contributed by atoms with Gasteiger partial charge in [-0.1, -0.05) is 6.07 Å². The Bertz CT molecular complexity index is 256. The maximum absolute atomic E-state index is 8.58. The van der Waals surface area contributed by atoms with Crippen molar-refractivity contribution in [3.63, 3.8) is 0 Å². The van der Waals surface area contributed by atoms with Crippen LogP contribution >= 0.6 is 31.9 Å². The van der Waals surface area contributed by atoms with Gasteiger partial charge in [0.25, 0.3) is 0 Å². The van der Waals surface area contributed by atoms with E-state index >= 15 is 0 Å². The third-order valence-corrected chi connectivity index (χ3v) is 2.72. The van der Waals surface area contributed by atoms with Crippen molar-refractivity contribution < 1.29 is 9.84 Å². The van der Waals surface area contributed by atoms with Crippen LogP contribution in [0.15, 0.2) is 27.1 Å². The first kappa shape index (κ1) is 11.0. The van der Waals surface area contributed by atoms with Crippen molar-refractivity contribution in [3.05, 3.63) is 27.1 Å². The minimum Gasteiger partial charge on any atom is -0.491 e.